The van der Waals surface area contributed by atoms with Crippen LogP contribution in [0.4, 0.5) is 5.69 Å². The molecule has 25 heavy (non-hydrogen) atoms. The molecule has 128 valence electrons. The Morgan fingerprint density at radius 3 is 2.60 bits per heavy atom. The predicted octanol–water partition coefficient (Wildman–Crippen LogP) is 4.79. The Labute approximate surface area is 148 Å². The molecule has 0 unspecified atom stereocenters. The van der Waals surface area contributed by atoms with Gasteiger partial charge < -0.3 is 0 Å². The molecule has 1 aromatic rings. The topological polar surface area (TPSA) is 121 Å². The van der Waals surface area contributed by atoms with Gasteiger partial charge in [0.1, 0.15) is 4.90 Å². The van der Waals surface area contributed by atoms with Crippen molar-refractivity contribution in [3.05, 3.63) is 67.7 Å². The minimum Gasteiger partial charge on any atom is -0.290 e. The predicted molar refractivity (Wildman–Crippen MR) is 96.2 cm³/mol. The molecule has 0 heterocycles. The molecule has 0 saturated carbocycles. The van der Waals surface area contributed by atoms with E-state index < -0.39 is 4.92 Å². The smallest absolute Gasteiger partial charge is 0.284 e. The maximum atomic E-state index is 12.2. The Morgan fingerprint density at radius 1 is 1.32 bits per heavy atom. The van der Waals surface area contributed by atoms with Crippen LogP contribution in [-0.4, -0.2) is 16.4 Å². The number of azide groups is 1. The number of hydrogen-bond donors (Lipinski definition) is 0. The molecule has 8 nitrogen and oxygen atoms in total. The summed E-state index contributed by atoms with van der Waals surface area (Å²) in [6.45, 7) is 5.32. The van der Waals surface area contributed by atoms with Crippen LogP contribution < -0.4 is 0 Å². The minimum atomic E-state index is -0.487. The lowest BCUT2D eigenvalue weighted by Crippen LogP contribution is -2.20. The zero-order valence-corrected chi connectivity index (χ0v) is 14.6. The van der Waals surface area contributed by atoms with Crippen LogP contribution in [0, 0.1) is 16.0 Å². The lowest BCUT2D eigenvalue weighted by atomic mass is 9.88. The van der Waals surface area contributed by atoms with Crippen molar-refractivity contribution in [1.82, 2.24) is 0 Å². The van der Waals surface area contributed by atoms with Gasteiger partial charge in [-0.05, 0) is 36.1 Å². The van der Waals surface area contributed by atoms with E-state index in [-0.39, 0.29) is 23.1 Å². The van der Waals surface area contributed by atoms with Crippen molar-refractivity contribution in [1.29, 1.82) is 0 Å². The molecule has 9 heteroatoms. The van der Waals surface area contributed by atoms with Crippen molar-refractivity contribution >= 4 is 29.1 Å². The number of hydrogen-bond acceptors (Lipinski definition) is 6. The van der Waals surface area contributed by atoms with Gasteiger partial charge in [-0.25, -0.2) is 4.40 Å². The first-order valence-corrected chi connectivity index (χ1v) is 8.15. The van der Waals surface area contributed by atoms with Crippen molar-refractivity contribution < 1.29 is 9.72 Å². The van der Waals surface area contributed by atoms with Gasteiger partial charge in [-0.1, -0.05) is 31.1 Å². The molecular formula is C16H15N5O3S. The van der Waals surface area contributed by atoms with E-state index in [1.54, 1.807) is 25.1 Å². The third kappa shape index (κ3) is 3.96. The van der Waals surface area contributed by atoms with E-state index in [0.717, 1.165) is 11.9 Å². The van der Waals surface area contributed by atoms with E-state index in [2.05, 4.69) is 14.4 Å². The average Bonchev–Trinajstić information content (AvgIpc) is 2.54. The monoisotopic (exact) mass is 357 g/mol. The third-order valence-electron chi connectivity index (χ3n) is 3.49. The summed E-state index contributed by atoms with van der Waals surface area (Å²) in [7, 11) is 0. The third-order valence-corrected chi connectivity index (χ3v) is 4.30. The second-order valence-electron chi connectivity index (χ2n) is 5.55. The number of benzene rings is 1. The van der Waals surface area contributed by atoms with Crippen LogP contribution in [0.5, 0.6) is 0 Å². The molecule has 0 saturated heterocycles. The molecule has 0 amide bonds. The average molecular weight is 357 g/mol. The maximum absolute atomic E-state index is 12.2. The summed E-state index contributed by atoms with van der Waals surface area (Å²) in [5.41, 5.74) is 10.2. The van der Waals surface area contributed by atoms with Gasteiger partial charge in [0, 0.05) is 28.5 Å². The normalized spacial score (nSPS) is 16.1. The van der Waals surface area contributed by atoms with E-state index in [1.165, 1.54) is 12.1 Å². The van der Waals surface area contributed by atoms with Crippen LogP contribution in [0.2, 0.25) is 0 Å². The fourth-order valence-electron chi connectivity index (χ4n) is 2.37. The Bertz CT molecular complexity index is 880. The Morgan fingerprint density at radius 2 is 2.00 bits per heavy atom. The number of rotatable bonds is 5. The highest BCUT2D eigenvalue weighted by Crippen LogP contribution is 2.33. The van der Waals surface area contributed by atoms with Crippen LogP contribution in [0.15, 0.2) is 61.6 Å². The SMILES string of the molecule is CC1=CC(=O)C(C(C)C)=C(N=[N+]=[N-])C1=NSc1ccccc1[N+](=O)[O-]. The summed E-state index contributed by atoms with van der Waals surface area (Å²) >= 11 is 0.907. The first-order chi connectivity index (χ1) is 11.9. The van der Waals surface area contributed by atoms with Gasteiger partial charge in [-0.2, -0.15) is 0 Å². The fourth-order valence-corrected chi connectivity index (χ4v) is 3.17. The maximum Gasteiger partial charge on any atom is 0.284 e. The molecule has 0 bridgehead atoms. The van der Waals surface area contributed by atoms with E-state index in [4.69, 9.17) is 5.53 Å². The summed E-state index contributed by atoms with van der Waals surface area (Å²) in [6, 6.07) is 6.22. The number of ketones is 1. The van der Waals surface area contributed by atoms with Gasteiger partial charge in [-0.3, -0.25) is 14.9 Å². The number of nitro benzene ring substituents is 1. The van der Waals surface area contributed by atoms with Crippen LogP contribution in [-0.2, 0) is 4.79 Å². The zero-order chi connectivity index (χ0) is 18.6. The lowest BCUT2D eigenvalue weighted by molar-refractivity contribution is -0.387. The van der Waals surface area contributed by atoms with Crippen LogP contribution in [0.25, 0.3) is 10.4 Å². The highest BCUT2D eigenvalue weighted by molar-refractivity contribution is 7.98. The zero-order valence-electron chi connectivity index (χ0n) is 13.8. The summed E-state index contributed by atoms with van der Waals surface area (Å²) in [5, 5.41) is 14.8. The largest absolute Gasteiger partial charge is 0.290 e. The first kappa shape index (κ1) is 18.4. The molecule has 1 aliphatic carbocycles. The summed E-state index contributed by atoms with van der Waals surface area (Å²) in [5.74, 6) is -0.372. The number of para-hydroxylation sites is 1. The molecule has 0 radical (unpaired) electrons. The molecule has 1 aliphatic rings. The lowest BCUT2D eigenvalue weighted by Gasteiger charge is -2.19. The molecule has 0 fully saturated rings. The van der Waals surface area contributed by atoms with Crippen molar-refractivity contribution in [2.45, 2.75) is 25.7 Å². The van der Waals surface area contributed by atoms with E-state index >= 15 is 0 Å². The molecule has 0 spiro atoms. The second-order valence-corrected chi connectivity index (χ2v) is 6.36. The Kier molecular flexibility index (Phi) is 5.74. The summed E-state index contributed by atoms with van der Waals surface area (Å²) < 4.78 is 4.33. The van der Waals surface area contributed by atoms with Crippen molar-refractivity contribution in [3.8, 4) is 0 Å². The van der Waals surface area contributed by atoms with Gasteiger partial charge >= 0.3 is 0 Å². The number of carbonyl (C=O) groups excluding carboxylic acids is 1. The second kappa shape index (κ2) is 7.78. The Hall–Kier alpha value is -2.90. The van der Waals surface area contributed by atoms with Gasteiger partial charge in [0.25, 0.3) is 5.69 Å². The standard InChI is InChI=1S/C16H15N5O3S/c1-9(2)14-12(22)8-10(3)15(16(14)18-20-17)19-25-13-7-5-4-6-11(13)21(23)24/h4-9H,1-3H3. The fraction of sp³-hybridized carbons (Fsp3) is 0.250. The minimum absolute atomic E-state index is 0.0660. The highest BCUT2D eigenvalue weighted by atomic mass is 32.2. The van der Waals surface area contributed by atoms with Crippen LogP contribution >= 0.6 is 11.9 Å². The summed E-state index contributed by atoms with van der Waals surface area (Å²) in [6.07, 6.45) is 1.44. The molecule has 0 N–H and O–H groups in total. The van der Waals surface area contributed by atoms with Gasteiger partial charge in [0.15, 0.2) is 5.78 Å². The number of nitro groups is 1. The molecule has 0 aliphatic heterocycles. The van der Waals surface area contributed by atoms with E-state index in [1.807, 2.05) is 13.8 Å². The molecule has 0 aromatic heterocycles. The van der Waals surface area contributed by atoms with Crippen LogP contribution in [0.3, 0.4) is 0 Å². The number of nitrogens with zero attached hydrogens (tertiary/aromatic N) is 5. The molecule has 0 atom stereocenters. The van der Waals surface area contributed by atoms with Crippen molar-refractivity contribution in [2.75, 3.05) is 0 Å². The number of carbonyl (C=O) groups is 1. The quantitative estimate of drug-likeness (QED) is 0.143. The van der Waals surface area contributed by atoms with Crippen LogP contribution in [0.1, 0.15) is 20.8 Å². The summed E-state index contributed by atoms with van der Waals surface area (Å²) in [4.78, 5) is 26.0. The first-order valence-electron chi connectivity index (χ1n) is 7.37. The molecule has 1 aromatic carbocycles. The Balaban J connectivity index is 2.53. The number of allylic oxidation sites excluding steroid dienone is 3. The molecule has 2 rings (SSSR count). The van der Waals surface area contributed by atoms with Gasteiger partial charge in [-0.15, -0.1) is 0 Å². The van der Waals surface area contributed by atoms with Gasteiger partial charge in [0.2, 0.25) is 0 Å². The van der Waals surface area contributed by atoms with Crippen molar-refractivity contribution in [3.63, 3.8) is 0 Å². The van der Waals surface area contributed by atoms with Crippen molar-refractivity contribution in [2.24, 2.45) is 15.4 Å². The molecular weight excluding hydrogens is 342 g/mol. The highest BCUT2D eigenvalue weighted by Gasteiger charge is 2.26. The van der Waals surface area contributed by atoms with Gasteiger partial charge in [0.05, 0.1) is 16.3 Å². The van der Waals surface area contributed by atoms with E-state index in [9.17, 15) is 14.9 Å². The van der Waals surface area contributed by atoms with E-state index in [0.29, 0.717) is 21.8 Å².